The second kappa shape index (κ2) is 11.6. The predicted molar refractivity (Wildman–Crippen MR) is 209 cm³/mol. The Morgan fingerprint density at radius 3 is 1.70 bits per heavy atom. The summed E-state index contributed by atoms with van der Waals surface area (Å²) in [6.07, 6.45) is 0. The fourth-order valence-electron chi connectivity index (χ4n) is 6.58. The molecule has 0 atom stereocenters. The molecule has 0 saturated carbocycles. The van der Waals surface area contributed by atoms with E-state index in [4.69, 9.17) is 20.4 Å². The molecule has 0 fully saturated rings. The highest BCUT2D eigenvalue weighted by atomic mass is 32.1. The van der Waals surface area contributed by atoms with Gasteiger partial charge in [0.25, 0.3) is 0 Å². The van der Waals surface area contributed by atoms with E-state index < -0.39 is 12.1 Å². The second-order valence-electron chi connectivity index (χ2n) is 11.7. The third kappa shape index (κ3) is 4.55. The van der Waals surface area contributed by atoms with E-state index >= 15 is 0 Å². The van der Waals surface area contributed by atoms with Crippen LogP contribution in [0.3, 0.4) is 0 Å². The van der Waals surface area contributed by atoms with Crippen molar-refractivity contribution in [3.8, 4) is 51.0 Å². The Bertz CT molecular complexity index is 3260. The zero-order valence-corrected chi connectivity index (χ0v) is 27.0. The minimum absolute atomic E-state index is 0.00330. The quantitative estimate of drug-likeness (QED) is 0.184. The Morgan fingerprint density at radius 1 is 0.440 bits per heavy atom. The third-order valence-electron chi connectivity index (χ3n) is 8.80. The van der Waals surface area contributed by atoms with Gasteiger partial charge in [-0.2, -0.15) is 0 Å². The second-order valence-corrected chi connectivity index (χ2v) is 12.7. The molecular formula is C45H28N4S. The van der Waals surface area contributed by atoms with E-state index in [9.17, 15) is 6.85 Å². The molecule has 0 spiro atoms. The molecule has 3 aromatic heterocycles. The first-order valence-corrected chi connectivity index (χ1v) is 16.8. The van der Waals surface area contributed by atoms with Crippen molar-refractivity contribution in [3.63, 3.8) is 0 Å². The maximum Gasteiger partial charge on any atom is 0.166 e. The number of thiophene rings is 1. The van der Waals surface area contributed by atoms with Crippen LogP contribution in [-0.2, 0) is 0 Å². The smallest absolute Gasteiger partial charge is 0.166 e. The standard InChI is InChI=1S/C45H28N4S/c1-3-15-29(16-4-1)43-46-44(30-17-5-2-6-18-30)48-45(47-43)37-25-13-22-34(36-24-14-23-35-33-21-9-12-28-40(33)50-42(35)36)41(37)49-38-26-10-7-19-31(38)32-20-8-11-27-39(32)49/h1-28H/i7D,8D,13D,19D,20D,22D,25D,26D,27D. The molecule has 4 nitrogen and oxygen atoms in total. The van der Waals surface area contributed by atoms with Gasteiger partial charge in [0, 0.05) is 58.8 Å². The van der Waals surface area contributed by atoms with E-state index in [1.54, 1.807) is 0 Å². The molecule has 0 aliphatic heterocycles. The van der Waals surface area contributed by atoms with Gasteiger partial charge < -0.3 is 4.57 Å². The molecule has 0 saturated heterocycles. The lowest BCUT2D eigenvalue weighted by atomic mass is 9.97. The van der Waals surface area contributed by atoms with Crippen LogP contribution >= 0.6 is 11.3 Å². The number of aromatic nitrogens is 4. The molecule has 7 aromatic carbocycles. The first-order chi connectivity index (χ1) is 28.5. The highest BCUT2D eigenvalue weighted by Crippen LogP contribution is 2.45. The third-order valence-corrected chi connectivity index (χ3v) is 10.0. The summed E-state index contributed by atoms with van der Waals surface area (Å²) in [6, 6.07) is 31.9. The van der Waals surface area contributed by atoms with Gasteiger partial charge in [-0.25, -0.2) is 15.0 Å². The molecule has 10 aromatic rings. The van der Waals surface area contributed by atoms with Gasteiger partial charge in [0.05, 0.1) is 29.1 Å². The van der Waals surface area contributed by atoms with E-state index in [0.717, 1.165) is 20.2 Å². The summed E-state index contributed by atoms with van der Waals surface area (Å²) in [5.74, 6) is 0.535. The highest BCUT2D eigenvalue weighted by molar-refractivity contribution is 7.26. The summed E-state index contributed by atoms with van der Waals surface area (Å²) in [7, 11) is 0. The first kappa shape index (κ1) is 20.8. The number of fused-ring (bicyclic) bond motifs is 6. The normalized spacial score (nSPS) is 14.1. The minimum atomic E-state index is -0.415. The van der Waals surface area contributed by atoms with E-state index in [1.807, 2.05) is 103 Å². The Balaban J connectivity index is 1.47. The molecule has 10 rings (SSSR count). The largest absolute Gasteiger partial charge is 0.308 e. The van der Waals surface area contributed by atoms with Gasteiger partial charge >= 0.3 is 0 Å². The summed E-state index contributed by atoms with van der Waals surface area (Å²) < 4.78 is 86.3. The van der Waals surface area contributed by atoms with E-state index in [0.29, 0.717) is 16.7 Å². The number of benzene rings is 7. The average molecular weight is 666 g/mol. The van der Waals surface area contributed by atoms with E-state index in [-0.39, 0.29) is 98.4 Å². The van der Waals surface area contributed by atoms with Gasteiger partial charge in [-0.3, -0.25) is 0 Å². The van der Waals surface area contributed by atoms with Crippen molar-refractivity contribution in [2.75, 3.05) is 0 Å². The highest BCUT2D eigenvalue weighted by Gasteiger charge is 2.23. The van der Waals surface area contributed by atoms with Crippen molar-refractivity contribution >= 4 is 53.3 Å². The zero-order chi connectivity index (χ0) is 40.9. The van der Waals surface area contributed by atoms with Crippen LogP contribution in [0.5, 0.6) is 0 Å². The minimum Gasteiger partial charge on any atom is -0.308 e. The van der Waals surface area contributed by atoms with Gasteiger partial charge in [-0.1, -0.05) is 145 Å². The van der Waals surface area contributed by atoms with Crippen molar-refractivity contribution in [3.05, 3.63) is 170 Å². The lowest BCUT2D eigenvalue weighted by Gasteiger charge is -2.19. The molecule has 0 bridgehead atoms. The van der Waals surface area contributed by atoms with Crippen molar-refractivity contribution in [2.24, 2.45) is 0 Å². The lowest BCUT2D eigenvalue weighted by molar-refractivity contribution is 1.06. The van der Waals surface area contributed by atoms with Crippen molar-refractivity contribution in [2.45, 2.75) is 0 Å². The topological polar surface area (TPSA) is 43.6 Å². The van der Waals surface area contributed by atoms with Gasteiger partial charge in [0.2, 0.25) is 0 Å². The maximum atomic E-state index is 9.72. The van der Waals surface area contributed by atoms with Gasteiger partial charge in [-0.15, -0.1) is 11.3 Å². The molecule has 0 unspecified atom stereocenters. The molecule has 0 aliphatic rings. The van der Waals surface area contributed by atoms with Gasteiger partial charge in [-0.05, 0) is 24.2 Å². The number of nitrogens with zero attached hydrogens (tertiary/aromatic N) is 4. The number of hydrogen-bond donors (Lipinski definition) is 0. The van der Waals surface area contributed by atoms with E-state index in [2.05, 4.69) is 0 Å². The molecular weight excluding hydrogens is 629 g/mol. The molecule has 0 radical (unpaired) electrons. The first-order valence-electron chi connectivity index (χ1n) is 20.5. The Labute approximate surface area is 305 Å². The van der Waals surface area contributed by atoms with Crippen LogP contribution in [-0.4, -0.2) is 19.5 Å². The van der Waals surface area contributed by atoms with Crippen LogP contribution in [0.4, 0.5) is 0 Å². The van der Waals surface area contributed by atoms with Crippen LogP contribution in [0.25, 0.3) is 93.0 Å². The fraction of sp³-hybridized carbons (Fsp3) is 0. The lowest BCUT2D eigenvalue weighted by Crippen LogP contribution is -2.05. The van der Waals surface area contributed by atoms with Gasteiger partial charge in [0.15, 0.2) is 17.5 Å². The SMILES string of the molecule is [2H]c1cc([2H])c2c(c1[2H])c1c([2H])c([2H])cc([2H])c1n2-c1c(-c2nc(-c3ccccc3)nc(-c3ccccc3)n2)c([2H])c([2H])c([2H])c1-c1cccc2c1sc1ccccc12. The van der Waals surface area contributed by atoms with Crippen LogP contribution in [0, 0.1) is 0 Å². The summed E-state index contributed by atoms with van der Waals surface area (Å²) in [4.78, 5) is 14.8. The Hall–Kier alpha value is -6.43. The summed E-state index contributed by atoms with van der Waals surface area (Å²) in [6.45, 7) is 0. The molecule has 50 heavy (non-hydrogen) atoms. The summed E-state index contributed by atoms with van der Waals surface area (Å²) >= 11 is 1.51. The fourth-order valence-corrected chi connectivity index (χ4v) is 7.80. The van der Waals surface area contributed by atoms with Crippen molar-refractivity contribution in [1.29, 1.82) is 0 Å². The van der Waals surface area contributed by atoms with Crippen LogP contribution < -0.4 is 0 Å². The number of para-hydroxylation sites is 3. The Kier molecular flexibility index (Phi) is 4.84. The predicted octanol–water partition coefficient (Wildman–Crippen LogP) is 12.0. The van der Waals surface area contributed by atoms with Crippen LogP contribution in [0.1, 0.15) is 12.3 Å². The monoisotopic (exact) mass is 665 g/mol. The molecule has 234 valence electrons. The zero-order valence-electron chi connectivity index (χ0n) is 35.2. The molecule has 0 aliphatic carbocycles. The van der Waals surface area contributed by atoms with Crippen LogP contribution in [0.15, 0.2) is 170 Å². The average Bonchev–Trinajstić information content (AvgIpc) is 3.82. The Morgan fingerprint density at radius 2 is 1.02 bits per heavy atom. The van der Waals surface area contributed by atoms with Crippen molar-refractivity contribution < 1.29 is 12.3 Å². The summed E-state index contributed by atoms with van der Waals surface area (Å²) in [5, 5.41) is 1.92. The van der Waals surface area contributed by atoms with Crippen LogP contribution in [0.2, 0.25) is 0 Å². The van der Waals surface area contributed by atoms with Gasteiger partial charge in [0.1, 0.15) is 0 Å². The van der Waals surface area contributed by atoms with E-state index in [1.165, 1.54) is 28.0 Å². The summed E-state index contributed by atoms with van der Waals surface area (Å²) in [5.41, 5.74) is 2.19. The number of hydrogen-bond acceptors (Lipinski definition) is 4. The molecule has 3 heterocycles. The molecule has 5 heteroatoms. The number of rotatable bonds is 5. The van der Waals surface area contributed by atoms with Crippen molar-refractivity contribution in [1.82, 2.24) is 19.5 Å². The maximum absolute atomic E-state index is 9.72. The molecule has 0 amide bonds. The molecule has 0 N–H and O–H groups in total.